The minimum atomic E-state index is -0.556. The van der Waals surface area contributed by atoms with Crippen LogP contribution in [0.4, 0.5) is 5.82 Å². The predicted octanol–water partition coefficient (Wildman–Crippen LogP) is 1.10. The predicted molar refractivity (Wildman–Crippen MR) is 106 cm³/mol. The van der Waals surface area contributed by atoms with Crippen LogP contribution in [-0.4, -0.2) is 65.5 Å². The average molecular weight is 398 g/mol. The van der Waals surface area contributed by atoms with Crippen LogP contribution in [0.5, 0.6) is 0 Å². The number of aromatic nitrogens is 4. The number of hydrogen-bond donors (Lipinski definition) is 2. The van der Waals surface area contributed by atoms with Crippen molar-refractivity contribution in [3.05, 3.63) is 47.9 Å². The van der Waals surface area contributed by atoms with Crippen LogP contribution in [0.1, 0.15) is 20.7 Å². The molecule has 2 N–H and O–H groups in total. The van der Waals surface area contributed by atoms with Crippen LogP contribution in [0.25, 0.3) is 11.0 Å². The number of nitrogens with one attached hydrogen (secondary N) is 2. The van der Waals surface area contributed by atoms with Crippen molar-refractivity contribution < 1.29 is 19.1 Å². The highest BCUT2D eigenvalue weighted by Gasteiger charge is 2.17. The van der Waals surface area contributed by atoms with Gasteiger partial charge in [0.25, 0.3) is 5.91 Å². The Bertz CT molecular complexity index is 1000. The number of rotatable bonds is 9. The van der Waals surface area contributed by atoms with Crippen LogP contribution in [0.15, 0.2) is 36.8 Å². The lowest BCUT2D eigenvalue weighted by molar-refractivity contribution is 0.0596. The van der Waals surface area contributed by atoms with Gasteiger partial charge in [-0.15, -0.1) is 0 Å². The molecule has 0 aliphatic rings. The van der Waals surface area contributed by atoms with Gasteiger partial charge in [0.2, 0.25) is 0 Å². The van der Waals surface area contributed by atoms with Gasteiger partial charge in [0.15, 0.2) is 5.65 Å². The molecular formula is C19H22N6O4. The van der Waals surface area contributed by atoms with Gasteiger partial charge in [-0.2, -0.15) is 5.10 Å². The van der Waals surface area contributed by atoms with Crippen molar-refractivity contribution >= 4 is 28.7 Å². The van der Waals surface area contributed by atoms with Crippen LogP contribution in [0.3, 0.4) is 0 Å². The fraction of sp³-hybridized carbons (Fsp3) is 0.316. The first-order valence-electron chi connectivity index (χ1n) is 9.00. The maximum Gasteiger partial charge on any atom is 0.338 e. The summed E-state index contributed by atoms with van der Waals surface area (Å²) in [6.07, 6.45) is 3.14. The summed E-state index contributed by atoms with van der Waals surface area (Å²) < 4.78 is 11.4. The normalized spacial score (nSPS) is 10.7. The summed E-state index contributed by atoms with van der Waals surface area (Å²) in [5.74, 6) is -0.243. The third-order valence-electron chi connectivity index (χ3n) is 4.22. The Morgan fingerprint density at radius 3 is 2.66 bits per heavy atom. The first-order chi connectivity index (χ1) is 14.2. The highest BCUT2D eigenvalue weighted by Crippen LogP contribution is 2.18. The van der Waals surface area contributed by atoms with Gasteiger partial charge in [-0.3, -0.25) is 4.79 Å². The topological polar surface area (TPSA) is 120 Å². The van der Waals surface area contributed by atoms with Gasteiger partial charge in [0, 0.05) is 20.2 Å². The van der Waals surface area contributed by atoms with E-state index in [4.69, 9.17) is 9.47 Å². The zero-order chi connectivity index (χ0) is 20.6. The quantitative estimate of drug-likeness (QED) is 0.406. The van der Waals surface area contributed by atoms with Crippen molar-refractivity contribution in [3.63, 3.8) is 0 Å². The Labute approximate surface area is 167 Å². The number of ether oxygens (including phenoxy) is 2. The molecule has 0 saturated carbocycles. The SMILES string of the molecule is COCCNc1ncnc2c1cnn2CCNC(=O)c1ccccc1C(=O)OC. The molecular weight excluding hydrogens is 376 g/mol. The van der Waals surface area contributed by atoms with Crippen molar-refractivity contribution in [2.75, 3.05) is 39.2 Å². The van der Waals surface area contributed by atoms with E-state index >= 15 is 0 Å². The molecule has 3 aromatic rings. The summed E-state index contributed by atoms with van der Waals surface area (Å²) in [6.45, 7) is 1.88. The molecule has 0 aliphatic carbocycles. The Kier molecular flexibility index (Phi) is 6.69. The second kappa shape index (κ2) is 9.60. The molecule has 10 heteroatoms. The van der Waals surface area contributed by atoms with Gasteiger partial charge in [-0.25, -0.2) is 19.4 Å². The van der Waals surface area contributed by atoms with Crippen molar-refractivity contribution in [1.29, 1.82) is 0 Å². The number of fused-ring (bicyclic) bond motifs is 1. The van der Waals surface area contributed by atoms with E-state index in [0.29, 0.717) is 37.7 Å². The van der Waals surface area contributed by atoms with E-state index in [9.17, 15) is 9.59 Å². The van der Waals surface area contributed by atoms with Gasteiger partial charge < -0.3 is 20.1 Å². The van der Waals surface area contributed by atoms with E-state index in [1.54, 1.807) is 42.3 Å². The number of esters is 1. The summed E-state index contributed by atoms with van der Waals surface area (Å²) in [7, 11) is 2.91. The van der Waals surface area contributed by atoms with Crippen LogP contribution in [0, 0.1) is 0 Å². The summed E-state index contributed by atoms with van der Waals surface area (Å²) in [4.78, 5) is 32.8. The monoisotopic (exact) mass is 398 g/mol. The zero-order valence-corrected chi connectivity index (χ0v) is 16.2. The molecule has 29 heavy (non-hydrogen) atoms. The van der Waals surface area contributed by atoms with Gasteiger partial charge in [0.05, 0.1) is 43.0 Å². The zero-order valence-electron chi connectivity index (χ0n) is 16.2. The van der Waals surface area contributed by atoms with E-state index in [0.717, 1.165) is 5.39 Å². The lowest BCUT2D eigenvalue weighted by Crippen LogP contribution is -2.29. The largest absolute Gasteiger partial charge is 0.465 e. The molecule has 0 fully saturated rings. The van der Waals surface area contributed by atoms with Gasteiger partial charge >= 0.3 is 5.97 Å². The van der Waals surface area contributed by atoms with E-state index < -0.39 is 5.97 Å². The molecule has 0 atom stereocenters. The molecule has 1 aromatic carbocycles. The maximum atomic E-state index is 12.5. The summed E-state index contributed by atoms with van der Waals surface area (Å²) in [5.41, 5.74) is 1.14. The number of methoxy groups -OCH3 is 2. The smallest absolute Gasteiger partial charge is 0.338 e. The average Bonchev–Trinajstić information content (AvgIpc) is 3.17. The van der Waals surface area contributed by atoms with Crippen molar-refractivity contribution in [2.24, 2.45) is 0 Å². The lowest BCUT2D eigenvalue weighted by Gasteiger charge is -2.09. The minimum absolute atomic E-state index is 0.219. The molecule has 0 bridgehead atoms. The van der Waals surface area contributed by atoms with E-state index in [1.165, 1.54) is 13.4 Å². The highest BCUT2D eigenvalue weighted by molar-refractivity contribution is 6.05. The lowest BCUT2D eigenvalue weighted by atomic mass is 10.1. The second-order valence-electron chi connectivity index (χ2n) is 6.04. The number of amides is 1. The Hall–Kier alpha value is -3.53. The van der Waals surface area contributed by atoms with Crippen molar-refractivity contribution in [1.82, 2.24) is 25.1 Å². The second-order valence-corrected chi connectivity index (χ2v) is 6.04. The number of carbonyl (C=O) groups excluding carboxylic acids is 2. The van der Waals surface area contributed by atoms with Gasteiger partial charge in [0.1, 0.15) is 12.1 Å². The Morgan fingerprint density at radius 1 is 1.10 bits per heavy atom. The number of carbonyl (C=O) groups is 2. The fourth-order valence-electron chi connectivity index (χ4n) is 2.81. The molecule has 10 nitrogen and oxygen atoms in total. The molecule has 3 rings (SSSR count). The molecule has 2 aromatic heterocycles. The third-order valence-corrected chi connectivity index (χ3v) is 4.22. The van der Waals surface area contributed by atoms with Crippen molar-refractivity contribution in [3.8, 4) is 0 Å². The number of nitrogens with zero attached hydrogens (tertiary/aromatic N) is 4. The van der Waals surface area contributed by atoms with Gasteiger partial charge in [-0.1, -0.05) is 12.1 Å². The van der Waals surface area contributed by atoms with Crippen molar-refractivity contribution in [2.45, 2.75) is 6.54 Å². The third kappa shape index (κ3) is 4.66. The van der Waals surface area contributed by atoms with Crippen LogP contribution < -0.4 is 10.6 Å². The first-order valence-corrected chi connectivity index (χ1v) is 9.00. The minimum Gasteiger partial charge on any atom is -0.465 e. The molecule has 152 valence electrons. The molecule has 0 radical (unpaired) electrons. The number of hydrogen-bond acceptors (Lipinski definition) is 8. The molecule has 2 heterocycles. The van der Waals surface area contributed by atoms with E-state index in [1.807, 2.05) is 0 Å². The summed E-state index contributed by atoms with van der Waals surface area (Å²) in [6, 6.07) is 6.50. The fourth-order valence-corrected chi connectivity index (χ4v) is 2.81. The Morgan fingerprint density at radius 2 is 1.90 bits per heavy atom. The first kappa shape index (κ1) is 20.2. The summed E-state index contributed by atoms with van der Waals surface area (Å²) in [5, 5.41) is 11.1. The van der Waals surface area contributed by atoms with E-state index in [-0.39, 0.29) is 17.0 Å². The summed E-state index contributed by atoms with van der Waals surface area (Å²) >= 11 is 0. The number of anilines is 1. The highest BCUT2D eigenvalue weighted by atomic mass is 16.5. The Balaban J connectivity index is 1.65. The molecule has 0 spiro atoms. The standard InChI is InChI=1S/C19H22N6O4/c1-28-10-8-20-16-15-11-24-25(17(15)23-12-22-16)9-7-21-18(26)13-5-3-4-6-14(13)19(27)29-2/h3-6,11-12H,7-10H2,1-2H3,(H,21,26)(H,20,22,23). The van der Waals surface area contributed by atoms with Crippen LogP contribution in [0.2, 0.25) is 0 Å². The van der Waals surface area contributed by atoms with Crippen LogP contribution >= 0.6 is 0 Å². The van der Waals surface area contributed by atoms with Gasteiger partial charge in [-0.05, 0) is 12.1 Å². The van der Waals surface area contributed by atoms with E-state index in [2.05, 4.69) is 25.7 Å². The van der Waals surface area contributed by atoms with Crippen LogP contribution in [-0.2, 0) is 16.0 Å². The molecule has 0 unspecified atom stereocenters. The molecule has 1 amide bonds. The number of benzene rings is 1. The maximum absolute atomic E-state index is 12.5. The molecule has 0 aliphatic heterocycles. The molecule has 0 saturated heterocycles.